The van der Waals surface area contributed by atoms with Gasteiger partial charge >= 0.3 is 5.97 Å². The summed E-state index contributed by atoms with van der Waals surface area (Å²) >= 11 is 6.41. The number of ketones is 1. The third-order valence-corrected chi connectivity index (χ3v) is 6.46. The summed E-state index contributed by atoms with van der Waals surface area (Å²) in [5, 5.41) is 3.91. The Kier molecular flexibility index (Phi) is 6.96. The van der Waals surface area contributed by atoms with Gasteiger partial charge in [0.25, 0.3) is 0 Å². The molecule has 2 aliphatic rings. The molecule has 1 N–H and O–H groups in total. The van der Waals surface area contributed by atoms with E-state index >= 15 is 0 Å². The Bertz CT molecular complexity index is 1140. The third-order valence-electron chi connectivity index (χ3n) is 6.12. The number of carbonyl (C=O) groups excluding carboxylic acids is 2. The van der Waals surface area contributed by atoms with Gasteiger partial charge in [-0.15, -0.1) is 0 Å². The Hall–Kier alpha value is -2.96. The Morgan fingerprint density at radius 2 is 1.85 bits per heavy atom. The Labute approximate surface area is 197 Å². The number of ether oxygens (including phenoxy) is 2. The SMILES string of the molecule is COCCOC(=O)C1=C(C)NC2=C(C(=O)C[C@@H](c3ccccc3Cl)C2)[C@@H]1c1ccc(F)cc1. The number of allylic oxidation sites excluding steroid dienone is 3. The number of nitrogens with one attached hydrogen (secondary N) is 1. The summed E-state index contributed by atoms with van der Waals surface area (Å²) < 4.78 is 24.0. The van der Waals surface area contributed by atoms with Gasteiger partial charge in [0.05, 0.1) is 12.2 Å². The number of esters is 1. The maximum absolute atomic E-state index is 13.7. The summed E-state index contributed by atoms with van der Waals surface area (Å²) in [6.45, 7) is 2.15. The molecule has 172 valence electrons. The molecule has 7 heteroatoms. The molecule has 33 heavy (non-hydrogen) atoms. The lowest BCUT2D eigenvalue weighted by Crippen LogP contribution is -2.36. The van der Waals surface area contributed by atoms with Crippen molar-refractivity contribution in [1.82, 2.24) is 5.32 Å². The molecule has 1 aliphatic carbocycles. The summed E-state index contributed by atoms with van der Waals surface area (Å²) in [4.78, 5) is 26.5. The molecule has 0 saturated carbocycles. The summed E-state index contributed by atoms with van der Waals surface area (Å²) in [6.07, 6.45) is 0.846. The predicted octanol–water partition coefficient (Wildman–Crippen LogP) is 5.03. The van der Waals surface area contributed by atoms with E-state index in [1.54, 1.807) is 19.1 Å². The number of dihydropyridines is 1. The Morgan fingerprint density at radius 1 is 1.12 bits per heavy atom. The zero-order valence-corrected chi connectivity index (χ0v) is 19.2. The molecule has 0 radical (unpaired) electrons. The second kappa shape index (κ2) is 9.89. The highest BCUT2D eigenvalue weighted by Gasteiger charge is 2.41. The predicted molar refractivity (Wildman–Crippen MR) is 123 cm³/mol. The van der Waals surface area contributed by atoms with Gasteiger partial charge in [0, 0.05) is 41.4 Å². The molecular weight excluding hydrogens is 445 g/mol. The van der Waals surface area contributed by atoms with Crippen molar-refractivity contribution in [2.45, 2.75) is 31.6 Å². The van der Waals surface area contributed by atoms with Crippen molar-refractivity contribution in [2.75, 3.05) is 20.3 Å². The normalized spacial score (nSPS) is 20.4. The zero-order chi connectivity index (χ0) is 23.5. The van der Waals surface area contributed by atoms with Gasteiger partial charge in [-0.05, 0) is 48.6 Å². The molecule has 0 bridgehead atoms. The third kappa shape index (κ3) is 4.72. The zero-order valence-electron chi connectivity index (χ0n) is 18.5. The second-order valence-corrected chi connectivity index (χ2v) is 8.63. The van der Waals surface area contributed by atoms with Gasteiger partial charge in [0.2, 0.25) is 0 Å². The van der Waals surface area contributed by atoms with Gasteiger partial charge in [-0.3, -0.25) is 4.79 Å². The van der Waals surface area contributed by atoms with Crippen molar-refractivity contribution < 1.29 is 23.5 Å². The lowest BCUT2D eigenvalue weighted by molar-refractivity contribution is -0.140. The molecule has 0 amide bonds. The molecule has 0 saturated heterocycles. The maximum atomic E-state index is 13.7. The first kappa shape index (κ1) is 23.2. The average molecular weight is 470 g/mol. The van der Waals surface area contributed by atoms with Crippen LogP contribution in [-0.2, 0) is 19.1 Å². The highest BCUT2D eigenvalue weighted by Crippen LogP contribution is 2.46. The van der Waals surface area contributed by atoms with Crippen LogP contribution in [0.15, 0.2) is 71.1 Å². The highest BCUT2D eigenvalue weighted by atomic mass is 35.5. The van der Waals surface area contributed by atoms with Crippen LogP contribution in [0, 0.1) is 5.82 Å². The summed E-state index contributed by atoms with van der Waals surface area (Å²) in [5.41, 5.74) is 3.82. The molecule has 4 rings (SSSR count). The van der Waals surface area contributed by atoms with Gasteiger partial charge in [0.15, 0.2) is 5.78 Å². The first-order chi connectivity index (χ1) is 15.9. The van der Waals surface area contributed by atoms with Crippen LogP contribution in [0.4, 0.5) is 4.39 Å². The minimum atomic E-state index is -0.642. The summed E-state index contributed by atoms with van der Waals surface area (Å²) in [6, 6.07) is 13.4. The lowest BCUT2D eigenvalue weighted by Gasteiger charge is -2.36. The first-order valence-electron chi connectivity index (χ1n) is 10.8. The fourth-order valence-corrected chi connectivity index (χ4v) is 4.91. The number of hydrogen-bond acceptors (Lipinski definition) is 5. The summed E-state index contributed by atoms with van der Waals surface area (Å²) in [5.74, 6) is -1.71. The molecule has 0 fully saturated rings. The van der Waals surface area contributed by atoms with E-state index in [4.69, 9.17) is 21.1 Å². The van der Waals surface area contributed by atoms with E-state index in [1.807, 2.05) is 24.3 Å². The largest absolute Gasteiger partial charge is 0.460 e. The summed E-state index contributed by atoms with van der Waals surface area (Å²) in [7, 11) is 1.52. The van der Waals surface area contributed by atoms with Crippen LogP contribution in [0.25, 0.3) is 0 Å². The second-order valence-electron chi connectivity index (χ2n) is 8.22. The molecule has 1 heterocycles. The average Bonchev–Trinajstić information content (AvgIpc) is 2.79. The van der Waals surface area contributed by atoms with Crippen LogP contribution in [0.5, 0.6) is 0 Å². The molecule has 1 aliphatic heterocycles. The van der Waals surface area contributed by atoms with Crippen LogP contribution in [0.1, 0.15) is 42.7 Å². The first-order valence-corrected chi connectivity index (χ1v) is 11.2. The van der Waals surface area contributed by atoms with Gasteiger partial charge in [-0.25, -0.2) is 9.18 Å². The van der Waals surface area contributed by atoms with Crippen molar-refractivity contribution >= 4 is 23.4 Å². The van der Waals surface area contributed by atoms with Crippen molar-refractivity contribution in [3.05, 3.63) is 93.0 Å². The number of carbonyl (C=O) groups is 2. The van der Waals surface area contributed by atoms with E-state index in [2.05, 4.69) is 5.32 Å². The van der Waals surface area contributed by atoms with Crippen LogP contribution in [-0.4, -0.2) is 32.1 Å². The molecule has 2 aromatic carbocycles. The monoisotopic (exact) mass is 469 g/mol. The maximum Gasteiger partial charge on any atom is 0.336 e. The van der Waals surface area contributed by atoms with Crippen molar-refractivity contribution in [3.63, 3.8) is 0 Å². The van der Waals surface area contributed by atoms with Gasteiger partial charge in [-0.1, -0.05) is 41.9 Å². The number of hydrogen-bond donors (Lipinski definition) is 1. The Morgan fingerprint density at radius 3 is 2.55 bits per heavy atom. The molecule has 0 spiro atoms. The van der Waals surface area contributed by atoms with E-state index in [9.17, 15) is 14.0 Å². The number of halogens is 2. The molecule has 5 nitrogen and oxygen atoms in total. The lowest BCUT2D eigenvalue weighted by atomic mass is 9.71. The van der Waals surface area contributed by atoms with Crippen molar-refractivity contribution in [3.8, 4) is 0 Å². The van der Waals surface area contributed by atoms with E-state index in [0.29, 0.717) is 33.9 Å². The molecule has 0 unspecified atom stereocenters. The van der Waals surface area contributed by atoms with Gasteiger partial charge in [0.1, 0.15) is 12.4 Å². The number of benzene rings is 2. The van der Waals surface area contributed by atoms with E-state index in [-0.39, 0.29) is 37.2 Å². The number of methoxy groups -OCH3 is 1. The fourth-order valence-electron chi connectivity index (χ4n) is 4.62. The number of Topliss-reactive ketones (excluding diaryl/α,β-unsaturated/α-hetero) is 1. The minimum absolute atomic E-state index is 0.0716. The van der Waals surface area contributed by atoms with E-state index < -0.39 is 11.9 Å². The molecule has 0 aromatic heterocycles. The van der Waals surface area contributed by atoms with Crippen molar-refractivity contribution in [1.29, 1.82) is 0 Å². The van der Waals surface area contributed by atoms with Crippen LogP contribution < -0.4 is 5.32 Å². The van der Waals surface area contributed by atoms with Crippen LogP contribution >= 0.6 is 11.6 Å². The minimum Gasteiger partial charge on any atom is -0.460 e. The smallest absolute Gasteiger partial charge is 0.336 e. The van der Waals surface area contributed by atoms with E-state index in [0.717, 1.165) is 11.3 Å². The van der Waals surface area contributed by atoms with E-state index in [1.165, 1.54) is 19.2 Å². The number of rotatable bonds is 6. The quantitative estimate of drug-likeness (QED) is 0.475. The molecular formula is C26H25ClFNO4. The van der Waals surface area contributed by atoms with Gasteiger partial charge < -0.3 is 14.8 Å². The molecule has 2 atom stereocenters. The standard InChI is InChI=1S/C26H25ClFNO4/c1-15-23(26(31)33-12-11-32-2)24(16-7-9-18(28)10-8-16)25-21(29-15)13-17(14-22(25)30)19-5-3-4-6-20(19)27/h3-10,17,24,29H,11-14H2,1-2H3/t17-,24+/m0/s1. The van der Waals surface area contributed by atoms with Crippen LogP contribution in [0.2, 0.25) is 5.02 Å². The molecule has 2 aromatic rings. The Balaban J connectivity index is 1.75. The van der Waals surface area contributed by atoms with Gasteiger partial charge in [-0.2, -0.15) is 0 Å². The fraction of sp³-hybridized carbons (Fsp3) is 0.308. The van der Waals surface area contributed by atoms with Crippen LogP contribution in [0.3, 0.4) is 0 Å². The highest BCUT2D eigenvalue weighted by molar-refractivity contribution is 6.31. The topological polar surface area (TPSA) is 64.6 Å². The van der Waals surface area contributed by atoms with Crippen molar-refractivity contribution in [2.24, 2.45) is 0 Å².